The van der Waals surface area contributed by atoms with Gasteiger partial charge in [-0.3, -0.25) is 9.89 Å². The summed E-state index contributed by atoms with van der Waals surface area (Å²) in [6.45, 7) is 3.37. The summed E-state index contributed by atoms with van der Waals surface area (Å²) >= 11 is 0. The van der Waals surface area contributed by atoms with E-state index in [2.05, 4.69) is 32.7 Å². The number of nitrogens with one attached hydrogen (secondary N) is 2. The number of phenols is 1. The number of likely N-dealkylation sites (tertiary alicyclic amines) is 1. The first-order valence-electron chi connectivity index (χ1n) is 10.8. The molecule has 1 saturated heterocycles. The number of rotatable bonds is 8. The van der Waals surface area contributed by atoms with Gasteiger partial charge < -0.3 is 25.2 Å². The summed E-state index contributed by atoms with van der Waals surface area (Å²) in [4.78, 5) is 6.90. The van der Waals surface area contributed by atoms with Gasteiger partial charge in [0.15, 0.2) is 5.96 Å². The largest absolute Gasteiger partial charge is 0.508 e. The Morgan fingerprint density at radius 2 is 1.66 bits per heavy atom. The van der Waals surface area contributed by atoms with Crippen LogP contribution in [0.3, 0.4) is 0 Å². The van der Waals surface area contributed by atoms with Gasteiger partial charge in [0, 0.05) is 25.7 Å². The van der Waals surface area contributed by atoms with Crippen LogP contribution in [0.15, 0.2) is 47.5 Å². The van der Waals surface area contributed by atoms with Gasteiger partial charge in [-0.15, -0.1) is 24.0 Å². The number of benzene rings is 2. The number of nitrogens with zero attached hydrogens (tertiary/aromatic N) is 2. The summed E-state index contributed by atoms with van der Waals surface area (Å²) < 4.78 is 10.6. The molecule has 176 valence electrons. The van der Waals surface area contributed by atoms with Gasteiger partial charge in [0.05, 0.1) is 20.3 Å². The predicted molar refractivity (Wildman–Crippen MR) is 139 cm³/mol. The Hall–Kier alpha value is -2.20. The van der Waals surface area contributed by atoms with Crippen molar-refractivity contribution < 1.29 is 14.6 Å². The van der Waals surface area contributed by atoms with Gasteiger partial charge in [-0.2, -0.15) is 0 Å². The molecule has 1 aliphatic rings. The molecule has 1 fully saturated rings. The smallest absolute Gasteiger partial charge is 0.191 e. The monoisotopic (exact) mass is 554 g/mol. The molecule has 2 aromatic carbocycles. The second-order valence-corrected chi connectivity index (χ2v) is 7.69. The van der Waals surface area contributed by atoms with Crippen LogP contribution >= 0.6 is 24.0 Å². The Kier molecular flexibility index (Phi) is 10.9. The van der Waals surface area contributed by atoms with Crippen LogP contribution in [0.4, 0.5) is 0 Å². The maximum atomic E-state index is 10.1. The minimum atomic E-state index is 0. The first-order valence-corrected chi connectivity index (χ1v) is 10.8. The molecular formula is C24H35IN4O3. The van der Waals surface area contributed by atoms with E-state index >= 15 is 0 Å². The molecule has 8 heteroatoms. The quantitative estimate of drug-likeness (QED) is 0.261. The summed E-state index contributed by atoms with van der Waals surface area (Å²) in [5.74, 6) is 2.50. The second kappa shape index (κ2) is 13.4. The lowest BCUT2D eigenvalue weighted by Gasteiger charge is -2.35. The zero-order valence-corrected chi connectivity index (χ0v) is 21.5. The summed E-state index contributed by atoms with van der Waals surface area (Å²) in [6.07, 6.45) is 3.76. The highest BCUT2D eigenvalue weighted by Gasteiger charge is 2.22. The van der Waals surface area contributed by atoms with Crippen LogP contribution in [0.2, 0.25) is 0 Å². The van der Waals surface area contributed by atoms with E-state index in [1.54, 1.807) is 33.4 Å². The molecule has 0 amide bonds. The van der Waals surface area contributed by atoms with Gasteiger partial charge in [-0.25, -0.2) is 0 Å². The van der Waals surface area contributed by atoms with Gasteiger partial charge in [-0.05, 0) is 61.8 Å². The predicted octanol–water partition coefficient (Wildman–Crippen LogP) is 3.92. The van der Waals surface area contributed by atoms with Crippen LogP contribution in [0, 0.1) is 0 Å². The number of methoxy groups -OCH3 is 2. The molecule has 1 atom stereocenters. The average molecular weight is 554 g/mol. The van der Waals surface area contributed by atoms with Crippen molar-refractivity contribution in [3.63, 3.8) is 0 Å². The van der Waals surface area contributed by atoms with Gasteiger partial charge in [0.1, 0.15) is 17.2 Å². The van der Waals surface area contributed by atoms with Crippen LogP contribution in [0.5, 0.6) is 17.2 Å². The zero-order chi connectivity index (χ0) is 22.1. The van der Waals surface area contributed by atoms with Crippen LogP contribution in [-0.2, 0) is 6.54 Å². The van der Waals surface area contributed by atoms with Crippen molar-refractivity contribution in [1.29, 1.82) is 0 Å². The van der Waals surface area contributed by atoms with Crippen molar-refractivity contribution in [2.75, 3.05) is 40.9 Å². The van der Waals surface area contributed by atoms with Crippen molar-refractivity contribution in [2.24, 2.45) is 4.99 Å². The third kappa shape index (κ3) is 7.16. The molecule has 0 radical (unpaired) electrons. The summed E-state index contributed by atoms with van der Waals surface area (Å²) in [6, 6.07) is 13.8. The lowest BCUT2D eigenvalue weighted by atomic mass is 10.0. The van der Waals surface area contributed by atoms with E-state index in [1.165, 1.54) is 24.8 Å². The number of aromatic hydroxyl groups is 1. The minimum Gasteiger partial charge on any atom is -0.508 e. The van der Waals surface area contributed by atoms with E-state index in [9.17, 15) is 5.11 Å². The lowest BCUT2D eigenvalue weighted by Crippen LogP contribution is -2.44. The molecule has 32 heavy (non-hydrogen) atoms. The van der Waals surface area contributed by atoms with Crippen LogP contribution in [0.1, 0.15) is 36.4 Å². The number of guanidine groups is 1. The molecule has 0 bridgehead atoms. The van der Waals surface area contributed by atoms with Gasteiger partial charge in [-0.1, -0.05) is 18.6 Å². The highest BCUT2D eigenvalue weighted by Crippen LogP contribution is 2.26. The molecule has 0 aromatic heterocycles. The second-order valence-electron chi connectivity index (χ2n) is 7.69. The van der Waals surface area contributed by atoms with E-state index in [0.29, 0.717) is 18.3 Å². The molecule has 3 rings (SSSR count). The molecule has 2 aromatic rings. The van der Waals surface area contributed by atoms with Crippen LogP contribution < -0.4 is 20.1 Å². The summed E-state index contributed by atoms with van der Waals surface area (Å²) in [5, 5.41) is 16.9. The van der Waals surface area contributed by atoms with Gasteiger partial charge >= 0.3 is 0 Å². The third-order valence-electron chi connectivity index (χ3n) is 5.75. The number of piperidine rings is 1. The molecule has 3 N–H and O–H groups in total. The van der Waals surface area contributed by atoms with Crippen LogP contribution in [-0.4, -0.2) is 56.9 Å². The number of hydrogen-bond acceptors (Lipinski definition) is 5. The lowest BCUT2D eigenvalue weighted by molar-refractivity contribution is 0.164. The van der Waals surface area contributed by atoms with Gasteiger partial charge in [0.25, 0.3) is 0 Å². The Morgan fingerprint density at radius 3 is 2.28 bits per heavy atom. The van der Waals surface area contributed by atoms with E-state index in [-0.39, 0.29) is 35.8 Å². The Labute approximate surface area is 208 Å². The standard InChI is InChI=1S/C24H34N4O3.HI/c1-25-24(26-16-19-15-21(31-3)11-12-23(19)29)27-17-22(28-13-5-4-6-14-28)18-7-9-20(30-2)10-8-18;/h7-12,15,22,29H,4-6,13-14,16-17H2,1-3H3,(H2,25,26,27);1H. The fourth-order valence-corrected chi connectivity index (χ4v) is 3.94. The van der Waals surface area contributed by atoms with Crippen molar-refractivity contribution in [3.8, 4) is 17.2 Å². The summed E-state index contributed by atoms with van der Waals surface area (Å²) in [5.41, 5.74) is 2.01. The van der Waals surface area contributed by atoms with Gasteiger partial charge in [0.2, 0.25) is 0 Å². The topological polar surface area (TPSA) is 78.4 Å². The van der Waals surface area contributed by atoms with Crippen molar-refractivity contribution in [1.82, 2.24) is 15.5 Å². The SMILES string of the molecule is CN=C(NCc1cc(OC)ccc1O)NCC(c1ccc(OC)cc1)N1CCCCC1.I. The van der Waals surface area contributed by atoms with Crippen LogP contribution in [0.25, 0.3) is 0 Å². The van der Waals surface area contributed by atoms with Crippen molar-refractivity contribution >= 4 is 29.9 Å². The molecule has 7 nitrogen and oxygen atoms in total. The first-order chi connectivity index (χ1) is 15.1. The Morgan fingerprint density at radius 1 is 1.00 bits per heavy atom. The van der Waals surface area contributed by atoms with E-state index in [0.717, 1.165) is 30.9 Å². The molecule has 1 unspecified atom stereocenters. The van der Waals surface area contributed by atoms with E-state index in [4.69, 9.17) is 9.47 Å². The minimum absolute atomic E-state index is 0. The van der Waals surface area contributed by atoms with Crippen molar-refractivity contribution in [2.45, 2.75) is 31.8 Å². The fraction of sp³-hybridized carbons (Fsp3) is 0.458. The molecule has 0 spiro atoms. The van der Waals surface area contributed by atoms with Crippen molar-refractivity contribution in [3.05, 3.63) is 53.6 Å². The molecule has 0 saturated carbocycles. The fourth-order valence-electron chi connectivity index (χ4n) is 3.94. The highest BCUT2D eigenvalue weighted by molar-refractivity contribution is 14.0. The molecule has 1 aliphatic heterocycles. The first kappa shape index (κ1) is 26.1. The molecule has 1 heterocycles. The average Bonchev–Trinajstić information content (AvgIpc) is 2.83. The molecule has 0 aliphatic carbocycles. The Balaban J connectivity index is 0.00000363. The number of halogens is 1. The van der Waals surface area contributed by atoms with E-state index in [1.807, 2.05) is 18.2 Å². The number of aliphatic imine (C=N–C) groups is 1. The van der Waals surface area contributed by atoms with E-state index < -0.39 is 0 Å². The Bertz CT molecular complexity index is 855. The summed E-state index contributed by atoms with van der Waals surface area (Å²) in [7, 11) is 5.06. The number of phenolic OH excluding ortho intramolecular Hbond substituents is 1. The molecular weight excluding hydrogens is 519 g/mol. The maximum absolute atomic E-state index is 10.1. The highest BCUT2D eigenvalue weighted by atomic mass is 127. The number of ether oxygens (including phenoxy) is 2. The third-order valence-corrected chi connectivity index (χ3v) is 5.75. The zero-order valence-electron chi connectivity index (χ0n) is 19.1. The maximum Gasteiger partial charge on any atom is 0.191 e. The number of hydrogen-bond donors (Lipinski definition) is 3. The normalized spacial score (nSPS) is 15.4.